The van der Waals surface area contributed by atoms with E-state index < -0.39 is 5.97 Å². The van der Waals surface area contributed by atoms with Gasteiger partial charge in [-0.3, -0.25) is 4.79 Å². The van der Waals surface area contributed by atoms with E-state index >= 15 is 0 Å². The summed E-state index contributed by atoms with van der Waals surface area (Å²) in [6, 6.07) is 10.8. The number of hydrogen-bond donors (Lipinski definition) is 1. The third kappa shape index (κ3) is 2.68. The normalized spacial score (nSPS) is 11.2. The Bertz CT molecular complexity index is 1230. The largest absolute Gasteiger partial charge is 0.506 e. The monoisotopic (exact) mass is 393 g/mol. The van der Waals surface area contributed by atoms with Gasteiger partial charge in [0.2, 0.25) is 5.78 Å². The SMILES string of the molecule is CCOC(=O)c1c2sc(C(=O)c3ccccc3)c(O)c2c2c(C)cc(C)cn12. The van der Waals surface area contributed by atoms with Crippen molar-refractivity contribution >= 4 is 38.7 Å². The number of fused-ring (bicyclic) bond motifs is 3. The molecule has 4 rings (SSSR count). The number of aryl methyl sites for hydroxylation is 2. The molecule has 0 amide bonds. The van der Waals surface area contributed by atoms with Crippen molar-refractivity contribution in [3.8, 4) is 5.75 Å². The molecule has 5 nitrogen and oxygen atoms in total. The van der Waals surface area contributed by atoms with Gasteiger partial charge in [0.1, 0.15) is 16.3 Å². The second kappa shape index (κ2) is 6.80. The van der Waals surface area contributed by atoms with E-state index in [0.717, 1.165) is 22.5 Å². The van der Waals surface area contributed by atoms with E-state index in [9.17, 15) is 14.7 Å². The third-order valence-electron chi connectivity index (χ3n) is 4.68. The highest BCUT2D eigenvalue weighted by Crippen LogP contribution is 2.45. The van der Waals surface area contributed by atoms with Gasteiger partial charge < -0.3 is 14.2 Å². The summed E-state index contributed by atoms with van der Waals surface area (Å²) < 4.78 is 7.58. The van der Waals surface area contributed by atoms with E-state index in [1.54, 1.807) is 35.6 Å². The number of thiophene rings is 1. The van der Waals surface area contributed by atoms with Crippen molar-refractivity contribution in [3.63, 3.8) is 0 Å². The average Bonchev–Trinajstić information content (AvgIpc) is 3.16. The lowest BCUT2D eigenvalue weighted by Gasteiger charge is -2.07. The lowest BCUT2D eigenvalue weighted by molar-refractivity contribution is 0.0521. The van der Waals surface area contributed by atoms with E-state index in [1.807, 2.05) is 32.2 Å². The maximum absolute atomic E-state index is 12.9. The Morgan fingerprint density at radius 1 is 1.18 bits per heavy atom. The number of pyridine rings is 1. The minimum absolute atomic E-state index is 0.0890. The molecule has 142 valence electrons. The van der Waals surface area contributed by atoms with Gasteiger partial charge in [-0.15, -0.1) is 11.3 Å². The summed E-state index contributed by atoms with van der Waals surface area (Å²) in [5.41, 5.74) is 3.44. The van der Waals surface area contributed by atoms with Crippen molar-refractivity contribution < 1.29 is 19.4 Å². The van der Waals surface area contributed by atoms with E-state index in [0.29, 0.717) is 26.9 Å². The fourth-order valence-electron chi connectivity index (χ4n) is 3.58. The first-order chi connectivity index (χ1) is 13.4. The Labute approximate surface area is 165 Å². The molecule has 0 bridgehead atoms. The number of aromatic hydroxyl groups is 1. The van der Waals surface area contributed by atoms with Crippen LogP contribution in [0, 0.1) is 13.8 Å². The highest BCUT2D eigenvalue weighted by atomic mass is 32.1. The van der Waals surface area contributed by atoms with Crippen molar-refractivity contribution in [2.45, 2.75) is 20.8 Å². The molecule has 4 aromatic rings. The Morgan fingerprint density at radius 3 is 2.57 bits per heavy atom. The number of esters is 1. The van der Waals surface area contributed by atoms with Gasteiger partial charge in [0, 0.05) is 11.8 Å². The minimum atomic E-state index is -0.475. The van der Waals surface area contributed by atoms with Gasteiger partial charge in [0.15, 0.2) is 0 Å². The molecule has 0 radical (unpaired) electrons. The molecular formula is C22H19NO4S. The molecule has 3 aromatic heterocycles. The predicted octanol–water partition coefficient (Wildman–Crippen LogP) is 4.88. The summed E-state index contributed by atoms with van der Waals surface area (Å²) in [5.74, 6) is -0.830. The number of hydrogen-bond acceptors (Lipinski definition) is 5. The molecule has 6 heteroatoms. The first kappa shape index (κ1) is 18.3. The van der Waals surface area contributed by atoms with Gasteiger partial charge in [-0.2, -0.15) is 0 Å². The van der Waals surface area contributed by atoms with Crippen LogP contribution < -0.4 is 0 Å². The van der Waals surface area contributed by atoms with Gasteiger partial charge >= 0.3 is 5.97 Å². The van der Waals surface area contributed by atoms with Gasteiger partial charge in [-0.1, -0.05) is 36.4 Å². The van der Waals surface area contributed by atoms with Gasteiger partial charge in [0.05, 0.1) is 22.2 Å². The van der Waals surface area contributed by atoms with Crippen LogP contribution in [0.3, 0.4) is 0 Å². The average molecular weight is 393 g/mol. The summed E-state index contributed by atoms with van der Waals surface area (Å²) in [4.78, 5) is 25.9. The first-order valence-electron chi connectivity index (χ1n) is 8.97. The van der Waals surface area contributed by atoms with Crippen LogP contribution in [0.5, 0.6) is 5.75 Å². The highest BCUT2D eigenvalue weighted by Gasteiger charge is 2.29. The number of nitrogens with zero attached hydrogens (tertiary/aromatic N) is 1. The maximum Gasteiger partial charge on any atom is 0.356 e. The number of rotatable bonds is 4. The minimum Gasteiger partial charge on any atom is -0.506 e. The number of carbonyl (C=O) groups excluding carboxylic acids is 2. The molecular weight excluding hydrogens is 374 g/mol. The fourth-order valence-corrected chi connectivity index (χ4v) is 4.77. The quantitative estimate of drug-likeness (QED) is 0.396. The predicted molar refractivity (Wildman–Crippen MR) is 110 cm³/mol. The lowest BCUT2D eigenvalue weighted by atomic mass is 10.1. The van der Waals surface area contributed by atoms with Crippen LogP contribution in [0.15, 0.2) is 42.6 Å². The standard InChI is InChI=1S/C22H19NO4S/c1-4-27-22(26)17-20-15(16-13(3)10-12(2)11-23(16)17)19(25)21(28-20)18(24)14-8-6-5-7-9-14/h5-11,25H,4H2,1-3H3. The second-order valence-corrected chi connectivity index (χ2v) is 7.69. The Kier molecular flexibility index (Phi) is 4.43. The topological polar surface area (TPSA) is 68.0 Å². The van der Waals surface area contributed by atoms with Crippen LogP contribution in [0.25, 0.3) is 15.6 Å². The van der Waals surface area contributed by atoms with Crippen molar-refractivity contribution in [2.75, 3.05) is 6.61 Å². The Balaban J connectivity index is 2.06. The number of carbonyl (C=O) groups is 2. The molecule has 3 heterocycles. The fraction of sp³-hybridized carbons (Fsp3) is 0.182. The Hall–Kier alpha value is -3.12. The molecule has 1 aromatic carbocycles. The van der Waals surface area contributed by atoms with Crippen LogP contribution in [0.1, 0.15) is 43.8 Å². The second-order valence-electron chi connectivity index (χ2n) is 6.67. The summed E-state index contributed by atoms with van der Waals surface area (Å²) in [7, 11) is 0. The summed E-state index contributed by atoms with van der Waals surface area (Å²) >= 11 is 1.13. The molecule has 0 spiro atoms. The molecule has 0 saturated heterocycles. The molecule has 0 unspecified atom stereocenters. The summed E-state index contributed by atoms with van der Waals surface area (Å²) in [5, 5.41) is 11.5. The van der Waals surface area contributed by atoms with Crippen molar-refractivity contribution in [3.05, 3.63) is 69.9 Å². The molecule has 1 N–H and O–H groups in total. The lowest BCUT2D eigenvalue weighted by Crippen LogP contribution is -2.08. The van der Waals surface area contributed by atoms with E-state index in [2.05, 4.69) is 0 Å². The van der Waals surface area contributed by atoms with Crippen LogP contribution in [-0.2, 0) is 4.74 Å². The zero-order chi connectivity index (χ0) is 20.0. The van der Waals surface area contributed by atoms with Crippen molar-refractivity contribution in [1.29, 1.82) is 0 Å². The number of ether oxygens (including phenoxy) is 1. The van der Waals surface area contributed by atoms with E-state index in [-0.39, 0.29) is 23.0 Å². The Morgan fingerprint density at radius 2 is 1.89 bits per heavy atom. The number of aromatic nitrogens is 1. The zero-order valence-corrected chi connectivity index (χ0v) is 16.6. The molecule has 28 heavy (non-hydrogen) atoms. The van der Waals surface area contributed by atoms with Crippen LogP contribution >= 0.6 is 11.3 Å². The third-order valence-corrected chi connectivity index (χ3v) is 5.86. The maximum atomic E-state index is 12.9. The molecule has 0 aliphatic rings. The molecule has 0 atom stereocenters. The van der Waals surface area contributed by atoms with Gasteiger partial charge in [0.25, 0.3) is 0 Å². The number of ketones is 1. The molecule has 0 saturated carbocycles. The van der Waals surface area contributed by atoms with Crippen molar-refractivity contribution in [2.24, 2.45) is 0 Å². The van der Waals surface area contributed by atoms with Crippen molar-refractivity contribution in [1.82, 2.24) is 4.40 Å². The van der Waals surface area contributed by atoms with E-state index in [4.69, 9.17) is 4.74 Å². The first-order valence-corrected chi connectivity index (χ1v) is 9.79. The summed E-state index contributed by atoms with van der Waals surface area (Å²) in [6.45, 7) is 5.86. The molecule has 0 fully saturated rings. The molecule has 0 aliphatic heterocycles. The molecule has 0 aliphatic carbocycles. The zero-order valence-electron chi connectivity index (χ0n) is 15.8. The van der Waals surface area contributed by atoms with Crippen LogP contribution in [-0.4, -0.2) is 27.9 Å². The van der Waals surface area contributed by atoms with Gasteiger partial charge in [-0.25, -0.2) is 4.79 Å². The van der Waals surface area contributed by atoms with Crippen LogP contribution in [0.4, 0.5) is 0 Å². The smallest absolute Gasteiger partial charge is 0.356 e. The summed E-state index contributed by atoms with van der Waals surface area (Å²) in [6.07, 6.45) is 1.85. The van der Waals surface area contributed by atoms with Gasteiger partial charge in [-0.05, 0) is 31.9 Å². The van der Waals surface area contributed by atoms with Crippen LogP contribution in [0.2, 0.25) is 0 Å². The van der Waals surface area contributed by atoms with E-state index in [1.165, 1.54) is 0 Å². The highest BCUT2D eigenvalue weighted by molar-refractivity contribution is 7.22. The number of benzene rings is 1.